The van der Waals surface area contributed by atoms with E-state index in [9.17, 15) is 0 Å². The number of hydrogen-bond donors (Lipinski definition) is 1. The van der Waals surface area contributed by atoms with E-state index in [1.165, 1.54) is 0 Å². The Bertz CT molecular complexity index is 653. The lowest BCUT2D eigenvalue weighted by molar-refractivity contribution is 0.311. The van der Waals surface area contributed by atoms with E-state index in [2.05, 4.69) is 65.7 Å². The summed E-state index contributed by atoms with van der Waals surface area (Å²) in [5.74, 6) is 1.90. The first-order chi connectivity index (χ1) is 11.6. The number of hydrogen-bond acceptors (Lipinski definition) is 6. The number of nitrogens with one attached hydrogen (secondary N) is 1. The topological polar surface area (TPSA) is 64.9 Å². The Balaban J connectivity index is 1.78. The quantitative estimate of drug-likeness (QED) is 0.414. The molecule has 0 aliphatic carbocycles. The van der Waals surface area contributed by atoms with E-state index in [0.717, 1.165) is 63.7 Å². The lowest BCUT2D eigenvalue weighted by atomic mass is 10.2. The van der Waals surface area contributed by atoms with Crippen molar-refractivity contribution in [2.75, 3.05) is 18.9 Å². The van der Waals surface area contributed by atoms with Crippen LogP contribution in [0.25, 0.3) is 0 Å². The molecule has 1 N–H and O–H groups in total. The number of benzene rings is 1. The van der Waals surface area contributed by atoms with Crippen LogP contribution in [0.3, 0.4) is 0 Å². The third-order valence-electron chi connectivity index (χ3n) is 3.16. The smallest absolute Gasteiger partial charge is 0.209 e. The highest BCUT2D eigenvalue weighted by molar-refractivity contribution is 9.11. The molecule has 132 valence electrons. The van der Waals surface area contributed by atoms with Crippen LogP contribution in [-0.4, -0.2) is 39.1 Å². The zero-order valence-electron chi connectivity index (χ0n) is 13.8. The van der Waals surface area contributed by atoms with Crippen molar-refractivity contribution < 1.29 is 4.74 Å². The molecule has 0 saturated carbocycles. The maximum Gasteiger partial charge on any atom is 0.209 e. The van der Waals surface area contributed by atoms with E-state index >= 15 is 0 Å². The number of aromatic nitrogens is 4. The van der Waals surface area contributed by atoms with Crippen molar-refractivity contribution in [1.82, 2.24) is 25.5 Å². The van der Waals surface area contributed by atoms with Crippen molar-refractivity contribution in [2.45, 2.75) is 31.5 Å². The Hall–Kier alpha value is -0.640. The summed E-state index contributed by atoms with van der Waals surface area (Å²) in [5.41, 5.74) is 1.15. The Morgan fingerprint density at radius 1 is 1.33 bits per heavy atom. The van der Waals surface area contributed by atoms with Crippen molar-refractivity contribution in [1.29, 1.82) is 0 Å². The molecule has 0 saturated heterocycles. The third-order valence-corrected chi connectivity index (χ3v) is 5.31. The van der Waals surface area contributed by atoms with E-state index in [-0.39, 0.29) is 0 Å². The van der Waals surface area contributed by atoms with Gasteiger partial charge in [-0.25, -0.2) is 4.68 Å². The molecule has 0 fully saturated rings. The van der Waals surface area contributed by atoms with Gasteiger partial charge in [0.25, 0.3) is 0 Å². The van der Waals surface area contributed by atoms with E-state index in [4.69, 9.17) is 4.74 Å². The molecule has 0 aliphatic rings. The second kappa shape index (κ2) is 10.4. The predicted molar refractivity (Wildman–Crippen MR) is 103 cm³/mol. The largest absolute Gasteiger partial charge is 0.492 e. The van der Waals surface area contributed by atoms with Gasteiger partial charge in [0.2, 0.25) is 5.16 Å². The highest BCUT2D eigenvalue weighted by Crippen LogP contribution is 2.33. The summed E-state index contributed by atoms with van der Waals surface area (Å²) in [6.45, 7) is 4.52. The number of ether oxygens (including phenoxy) is 1. The van der Waals surface area contributed by atoms with Crippen LogP contribution < -0.4 is 10.1 Å². The molecular weight excluding hydrogens is 458 g/mol. The predicted octanol–water partition coefficient (Wildman–Crippen LogP) is 3.80. The average Bonchev–Trinajstić information content (AvgIpc) is 2.95. The molecule has 0 amide bonds. The molecule has 2 aromatic rings. The fraction of sp³-hybridized carbons (Fsp3) is 0.533. The van der Waals surface area contributed by atoms with Crippen LogP contribution >= 0.6 is 43.6 Å². The fourth-order valence-electron chi connectivity index (χ4n) is 2.04. The molecule has 1 aromatic carbocycles. The standard InChI is InChI=1S/C15H21Br2N5OS/c1-3-6-23-14-11(8-12(16)9-13(14)17)10-18-5-4-7-24-15-19-20-21-22(15)2/h8-9,18H,3-7,10H2,1-2H3. The van der Waals surface area contributed by atoms with Crippen LogP contribution in [0.1, 0.15) is 25.3 Å². The second-order valence-corrected chi connectivity index (χ2v) is 8.02. The van der Waals surface area contributed by atoms with Gasteiger partial charge in [-0.1, -0.05) is 34.6 Å². The Morgan fingerprint density at radius 2 is 2.17 bits per heavy atom. The van der Waals surface area contributed by atoms with Gasteiger partial charge in [-0.2, -0.15) is 0 Å². The maximum absolute atomic E-state index is 5.88. The minimum absolute atomic E-state index is 0.718. The zero-order chi connectivity index (χ0) is 17.4. The molecule has 1 aromatic heterocycles. The minimum atomic E-state index is 0.718. The van der Waals surface area contributed by atoms with Crippen LogP contribution in [-0.2, 0) is 13.6 Å². The molecule has 0 unspecified atom stereocenters. The summed E-state index contributed by atoms with van der Waals surface area (Å²) in [7, 11) is 1.85. The maximum atomic E-state index is 5.88. The van der Waals surface area contributed by atoms with Gasteiger partial charge in [0.05, 0.1) is 11.1 Å². The van der Waals surface area contributed by atoms with Crippen LogP contribution in [0.4, 0.5) is 0 Å². The van der Waals surface area contributed by atoms with Crippen molar-refractivity contribution in [3.8, 4) is 5.75 Å². The summed E-state index contributed by atoms with van der Waals surface area (Å²) in [4.78, 5) is 0. The first-order valence-electron chi connectivity index (χ1n) is 7.78. The number of nitrogens with zero attached hydrogens (tertiary/aromatic N) is 4. The second-order valence-electron chi connectivity index (χ2n) is 5.19. The highest BCUT2D eigenvalue weighted by atomic mass is 79.9. The molecule has 6 nitrogen and oxygen atoms in total. The summed E-state index contributed by atoms with van der Waals surface area (Å²) < 4.78 is 9.59. The molecule has 1 heterocycles. The Kier molecular flexibility index (Phi) is 8.51. The van der Waals surface area contributed by atoms with Gasteiger partial charge < -0.3 is 10.1 Å². The third kappa shape index (κ3) is 6.02. The highest BCUT2D eigenvalue weighted by Gasteiger charge is 2.10. The van der Waals surface area contributed by atoms with Gasteiger partial charge in [0, 0.05) is 29.4 Å². The molecule has 2 rings (SSSR count). The summed E-state index contributed by atoms with van der Waals surface area (Å²) in [6.07, 6.45) is 2.03. The molecule has 9 heteroatoms. The van der Waals surface area contributed by atoms with Crippen LogP contribution in [0.15, 0.2) is 26.2 Å². The van der Waals surface area contributed by atoms with Crippen LogP contribution in [0.5, 0.6) is 5.75 Å². The summed E-state index contributed by atoms with van der Waals surface area (Å²) in [6, 6.07) is 4.11. The molecule has 0 aliphatic heterocycles. The van der Waals surface area contributed by atoms with Gasteiger partial charge in [0.15, 0.2) is 0 Å². The molecule has 0 spiro atoms. The van der Waals surface area contributed by atoms with Crippen molar-refractivity contribution in [3.05, 3.63) is 26.6 Å². The number of halogens is 2. The SMILES string of the molecule is CCCOc1c(Br)cc(Br)cc1CNCCCSc1nnnn1C. The van der Waals surface area contributed by atoms with Gasteiger partial charge in [-0.05, 0) is 57.9 Å². The minimum Gasteiger partial charge on any atom is -0.492 e. The number of thioether (sulfide) groups is 1. The zero-order valence-corrected chi connectivity index (χ0v) is 17.7. The number of aryl methyl sites for hydroxylation is 1. The van der Waals surface area contributed by atoms with Crippen LogP contribution in [0, 0.1) is 0 Å². The molecular formula is C15H21Br2N5OS. The number of rotatable bonds is 10. The van der Waals surface area contributed by atoms with Crippen LogP contribution in [0.2, 0.25) is 0 Å². The lowest BCUT2D eigenvalue weighted by Gasteiger charge is -2.14. The van der Waals surface area contributed by atoms with E-state index < -0.39 is 0 Å². The first-order valence-corrected chi connectivity index (χ1v) is 10.4. The molecule has 0 bridgehead atoms. The van der Waals surface area contributed by atoms with E-state index in [1.54, 1.807) is 16.4 Å². The normalized spacial score (nSPS) is 11.0. The van der Waals surface area contributed by atoms with Crippen molar-refractivity contribution in [3.63, 3.8) is 0 Å². The lowest BCUT2D eigenvalue weighted by Crippen LogP contribution is -2.16. The molecule has 0 radical (unpaired) electrons. The van der Waals surface area contributed by atoms with Crippen molar-refractivity contribution in [2.24, 2.45) is 7.05 Å². The molecule has 24 heavy (non-hydrogen) atoms. The monoisotopic (exact) mass is 477 g/mol. The average molecular weight is 479 g/mol. The summed E-state index contributed by atoms with van der Waals surface area (Å²) >= 11 is 8.79. The number of tetrazole rings is 1. The summed E-state index contributed by atoms with van der Waals surface area (Å²) in [5, 5.41) is 15.7. The van der Waals surface area contributed by atoms with Gasteiger partial charge in [-0.3, -0.25) is 0 Å². The van der Waals surface area contributed by atoms with E-state index in [0.29, 0.717) is 0 Å². The Labute approximate surface area is 163 Å². The van der Waals surface area contributed by atoms with Gasteiger partial charge in [0.1, 0.15) is 5.75 Å². The first kappa shape index (κ1) is 19.7. The Morgan fingerprint density at radius 3 is 2.88 bits per heavy atom. The molecule has 0 atom stereocenters. The van der Waals surface area contributed by atoms with Crippen molar-refractivity contribution >= 4 is 43.6 Å². The van der Waals surface area contributed by atoms with Gasteiger partial charge in [-0.15, -0.1) is 5.10 Å². The fourth-order valence-corrected chi connectivity index (χ4v) is 4.25. The van der Waals surface area contributed by atoms with Gasteiger partial charge >= 0.3 is 0 Å². The van der Waals surface area contributed by atoms with E-state index in [1.807, 2.05) is 13.1 Å².